The zero-order valence-corrected chi connectivity index (χ0v) is 17.5. The van der Waals surface area contributed by atoms with Gasteiger partial charge in [-0.2, -0.15) is 0 Å². The molecule has 2 amide bonds. The molecule has 0 aromatic heterocycles. The van der Waals surface area contributed by atoms with Crippen molar-refractivity contribution < 1.29 is 32.6 Å². The molecule has 0 aliphatic carbocycles. The Labute approximate surface area is 174 Å². The average Bonchev–Trinajstić information content (AvgIpc) is 2.71. The monoisotopic (exact) mass is 427 g/mol. The summed E-state index contributed by atoms with van der Waals surface area (Å²) in [6.45, 7) is 5.28. The quantitative estimate of drug-likeness (QED) is 0.777. The van der Waals surface area contributed by atoms with Crippen LogP contribution in [0.2, 0.25) is 0 Å². The summed E-state index contributed by atoms with van der Waals surface area (Å²) < 4.78 is 42.3. The van der Waals surface area contributed by atoms with E-state index in [0.717, 1.165) is 0 Å². The molecule has 2 aliphatic heterocycles. The van der Waals surface area contributed by atoms with Gasteiger partial charge in [0.1, 0.15) is 36.4 Å². The molecule has 1 atom stereocenters. The van der Waals surface area contributed by atoms with E-state index in [-0.39, 0.29) is 32.2 Å². The fourth-order valence-corrected chi connectivity index (χ4v) is 3.18. The topological polar surface area (TPSA) is 80.3 Å². The minimum atomic E-state index is -2.60. The maximum atomic E-state index is 12.9. The van der Waals surface area contributed by atoms with Crippen LogP contribution in [0.4, 0.5) is 19.3 Å². The van der Waals surface area contributed by atoms with Crippen molar-refractivity contribution in [2.75, 3.05) is 44.8 Å². The van der Waals surface area contributed by atoms with E-state index in [9.17, 15) is 18.4 Å². The van der Waals surface area contributed by atoms with Crippen LogP contribution in [0.3, 0.4) is 0 Å². The molecule has 2 aliphatic rings. The van der Waals surface area contributed by atoms with Gasteiger partial charge in [0.05, 0.1) is 18.8 Å². The fourth-order valence-electron chi connectivity index (χ4n) is 3.18. The highest BCUT2D eigenvalue weighted by atomic mass is 19.3. The third-order valence-electron chi connectivity index (χ3n) is 4.60. The second kappa shape index (κ2) is 8.25. The van der Waals surface area contributed by atoms with Crippen LogP contribution in [0.5, 0.6) is 11.5 Å². The van der Waals surface area contributed by atoms with E-state index in [1.165, 1.54) is 4.90 Å². The highest BCUT2D eigenvalue weighted by Crippen LogP contribution is 2.34. The van der Waals surface area contributed by atoms with Crippen LogP contribution in [-0.4, -0.2) is 74.4 Å². The number of rotatable bonds is 5. The van der Waals surface area contributed by atoms with Crippen molar-refractivity contribution >= 4 is 17.7 Å². The number of benzene rings is 1. The molecule has 1 aromatic carbocycles. The van der Waals surface area contributed by atoms with Gasteiger partial charge in [-0.15, -0.1) is 0 Å². The van der Waals surface area contributed by atoms with Crippen molar-refractivity contribution in [1.82, 2.24) is 10.2 Å². The van der Waals surface area contributed by atoms with Crippen molar-refractivity contribution in [1.29, 1.82) is 0 Å². The molecule has 2 heterocycles. The van der Waals surface area contributed by atoms with E-state index in [2.05, 4.69) is 5.32 Å². The Kier molecular flexibility index (Phi) is 6.07. The number of alkyl carbamates (subject to hydrolysis) is 1. The first kappa shape index (κ1) is 22.1. The Bertz CT molecular complexity index is 804. The molecule has 0 unspecified atom stereocenters. The minimum absolute atomic E-state index is 0.0429. The van der Waals surface area contributed by atoms with Crippen LogP contribution < -0.4 is 19.7 Å². The van der Waals surface area contributed by atoms with Crippen LogP contribution in [-0.2, 0) is 9.53 Å². The first-order valence-electron chi connectivity index (χ1n) is 9.70. The Hall–Kier alpha value is -2.62. The second-order valence-corrected chi connectivity index (χ2v) is 8.45. The fraction of sp³-hybridized carbons (Fsp3) is 0.600. The van der Waals surface area contributed by atoms with E-state index in [0.29, 0.717) is 23.7 Å². The van der Waals surface area contributed by atoms with Gasteiger partial charge < -0.3 is 24.4 Å². The minimum Gasteiger partial charge on any atom is -0.492 e. The van der Waals surface area contributed by atoms with Gasteiger partial charge in [-0.25, -0.2) is 13.6 Å². The zero-order chi connectivity index (χ0) is 22.1. The van der Waals surface area contributed by atoms with Gasteiger partial charge in [-0.3, -0.25) is 9.69 Å². The van der Waals surface area contributed by atoms with Gasteiger partial charge in [0.2, 0.25) is 0 Å². The predicted molar refractivity (Wildman–Crippen MR) is 105 cm³/mol. The van der Waals surface area contributed by atoms with Crippen LogP contribution in [0, 0.1) is 0 Å². The molecule has 8 nitrogen and oxygen atoms in total. The average molecular weight is 427 g/mol. The Morgan fingerprint density at radius 3 is 2.67 bits per heavy atom. The number of amides is 2. The number of hydrogen-bond donors (Lipinski definition) is 1. The number of likely N-dealkylation sites (N-methyl/N-ethyl adjacent to an activating group) is 1. The molecule has 0 saturated carbocycles. The summed E-state index contributed by atoms with van der Waals surface area (Å²) in [5, 5.41) is 2.54. The first-order chi connectivity index (χ1) is 13.9. The maximum Gasteiger partial charge on any atom is 0.408 e. The highest BCUT2D eigenvalue weighted by Gasteiger charge is 2.43. The van der Waals surface area contributed by atoms with E-state index < -0.39 is 23.7 Å². The molecule has 0 bridgehead atoms. The predicted octanol–water partition coefficient (Wildman–Crippen LogP) is 2.26. The van der Waals surface area contributed by atoms with Gasteiger partial charge in [0.25, 0.3) is 11.8 Å². The summed E-state index contributed by atoms with van der Waals surface area (Å²) >= 11 is 0. The molecule has 30 heavy (non-hydrogen) atoms. The van der Waals surface area contributed by atoms with Crippen LogP contribution in [0.25, 0.3) is 0 Å². The molecule has 1 saturated heterocycles. The summed E-state index contributed by atoms with van der Waals surface area (Å²) in [5.74, 6) is -2.01. The largest absolute Gasteiger partial charge is 0.492 e. The highest BCUT2D eigenvalue weighted by molar-refractivity contribution is 6.00. The number of nitrogens with one attached hydrogen (secondary N) is 1. The molecule has 10 heteroatoms. The normalized spacial score (nSPS) is 21.1. The molecule has 1 fully saturated rings. The molecular formula is C20H27F2N3O5. The standard InChI is InChI=1S/C20H27F2N3O5/c1-19(2,3)30-18(27)23-14-10-29-16-6-5-13(9-15(16)24(4)17(14)26)28-8-7-25-11-20(21,22)12-25/h5-6,9,14H,7-8,10-12H2,1-4H3,(H,23,27)/t14-/m0/s1. The van der Waals surface area contributed by atoms with Gasteiger partial charge in [-0.1, -0.05) is 0 Å². The third kappa shape index (κ3) is 5.50. The Morgan fingerprint density at radius 1 is 1.33 bits per heavy atom. The van der Waals surface area contributed by atoms with Crippen molar-refractivity contribution in [2.45, 2.75) is 38.3 Å². The molecule has 0 radical (unpaired) electrons. The number of carbonyl (C=O) groups is 2. The number of carbonyl (C=O) groups excluding carboxylic acids is 2. The number of nitrogens with zero attached hydrogens (tertiary/aromatic N) is 2. The molecule has 1 aromatic rings. The number of anilines is 1. The number of fused-ring (bicyclic) bond motifs is 1. The molecule has 0 spiro atoms. The van der Waals surface area contributed by atoms with Gasteiger partial charge in [-0.05, 0) is 32.9 Å². The number of likely N-dealkylation sites (tertiary alicyclic amines) is 1. The third-order valence-corrected chi connectivity index (χ3v) is 4.60. The summed E-state index contributed by atoms with van der Waals surface area (Å²) in [4.78, 5) is 27.8. The van der Waals surface area contributed by atoms with Crippen LogP contribution >= 0.6 is 0 Å². The molecule has 1 N–H and O–H groups in total. The first-order valence-corrected chi connectivity index (χ1v) is 9.70. The molecular weight excluding hydrogens is 400 g/mol. The Morgan fingerprint density at radius 2 is 2.03 bits per heavy atom. The smallest absolute Gasteiger partial charge is 0.408 e. The van der Waals surface area contributed by atoms with E-state index in [1.807, 2.05) is 0 Å². The van der Waals surface area contributed by atoms with E-state index in [1.54, 1.807) is 50.9 Å². The van der Waals surface area contributed by atoms with Crippen LogP contribution in [0.1, 0.15) is 20.8 Å². The van der Waals surface area contributed by atoms with E-state index >= 15 is 0 Å². The summed E-state index contributed by atoms with van der Waals surface area (Å²) in [5.41, 5.74) is -0.201. The summed E-state index contributed by atoms with van der Waals surface area (Å²) in [6.07, 6.45) is -0.704. The van der Waals surface area contributed by atoms with Crippen molar-refractivity contribution in [3.05, 3.63) is 18.2 Å². The molecule has 166 valence electrons. The summed E-state index contributed by atoms with van der Waals surface area (Å²) in [6, 6.07) is 4.09. The van der Waals surface area contributed by atoms with Crippen LogP contribution in [0.15, 0.2) is 18.2 Å². The van der Waals surface area contributed by atoms with Crippen molar-refractivity contribution in [3.8, 4) is 11.5 Å². The summed E-state index contributed by atoms with van der Waals surface area (Å²) in [7, 11) is 1.57. The number of ether oxygens (including phenoxy) is 3. The van der Waals surface area contributed by atoms with Crippen molar-refractivity contribution in [3.63, 3.8) is 0 Å². The lowest BCUT2D eigenvalue weighted by Gasteiger charge is -2.38. The van der Waals surface area contributed by atoms with Gasteiger partial charge in [0, 0.05) is 19.7 Å². The Balaban J connectivity index is 1.59. The number of hydrogen-bond acceptors (Lipinski definition) is 6. The zero-order valence-electron chi connectivity index (χ0n) is 17.5. The molecule has 3 rings (SSSR count). The lowest BCUT2D eigenvalue weighted by atomic mass is 10.1. The lowest BCUT2D eigenvalue weighted by molar-refractivity contribution is -0.132. The number of alkyl halides is 2. The lowest BCUT2D eigenvalue weighted by Crippen LogP contribution is -2.56. The van der Waals surface area contributed by atoms with Gasteiger partial charge in [0.15, 0.2) is 0 Å². The second-order valence-electron chi connectivity index (χ2n) is 8.45. The maximum absolute atomic E-state index is 12.9. The van der Waals surface area contributed by atoms with E-state index in [4.69, 9.17) is 14.2 Å². The van der Waals surface area contributed by atoms with Gasteiger partial charge >= 0.3 is 6.09 Å². The van der Waals surface area contributed by atoms with Crippen molar-refractivity contribution in [2.24, 2.45) is 0 Å². The number of halogens is 2. The SMILES string of the molecule is CN1C(=O)[C@@H](NC(=O)OC(C)(C)C)COc2ccc(OCCN3CC(F)(F)C3)cc21.